The molecule has 1 aromatic carbocycles. The summed E-state index contributed by atoms with van der Waals surface area (Å²) < 4.78 is 37.7. The van der Waals surface area contributed by atoms with Gasteiger partial charge in [-0.05, 0) is 19.1 Å². The monoisotopic (exact) mass is 228 g/mol. The molecule has 0 aromatic heterocycles. The number of para-hydroxylation sites is 1. The van der Waals surface area contributed by atoms with Gasteiger partial charge < -0.3 is 4.90 Å². The Bertz CT molecular complexity index is 367. The van der Waals surface area contributed by atoms with Crippen LogP contribution < -0.4 is 4.90 Å². The number of nitrogens with zero attached hydrogens (tertiary/aromatic N) is 2. The maximum atomic E-state index is 12.6. The average Bonchev–Trinajstić information content (AvgIpc) is 2.25. The number of hydrogen-bond acceptors (Lipinski definition) is 2. The highest BCUT2D eigenvalue weighted by Crippen LogP contribution is 2.28. The van der Waals surface area contributed by atoms with Gasteiger partial charge in [0.15, 0.2) is 0 Å². The summed E-state index contributed by atoms with van der Waals surface area (Å²) in [4.78, 5) is 1.03. The largest absolute Gasteiger partial charge is 0.422 e. The van der Waals surface area contributed by atoms with Crippen molar-refractivity contribution in [2.75, 3.05) is 11.4 Å². The van der Waals surface area contributed by atoms with Crippen molar-refractivity contribution in [1.82, 2.24) is 0 Å². The van der Waals surface area contributed by atoms with Gasteiger partial charge >= 0.3 is 6.18 Å². The SMILES string of the molecule is CCN(c1ccccc1)C(C#N)C(F)(F)F. The molecule has 5 heteroatoms. The van der Waals surface area contributed by atoms with Crippen molar-refractivity contribution in [3.05, 3.63) is 30.3 Å². The summed E-state index contributed by atoms with van der Waals surface area (Å²) in [6.45, 7) is 1.71. The highest BCUT2D eigenvalue weighted by molar-refractivity contribution is 5.48. The van der Waals surface area contributed by atoms with Crippen molar-refractivity contribution in [3.8, 4) is 6.07 Å². The van der Waals surface area contributed by atoms with Gasteiger partial charge in [0.05, 0.1) is 6.07 Å². The molecule has 1 aromatic rings. The first-order valence-corrected chi connectivity index (χ1v) is 4.78. The summed E-state index contributed by atoms with van der Waals surface area (Å²) in [5.41, 5.74) is 0.397. The van der Waals surface area contributed by atoms with E-state index in [2.05, 4.69) is 0 Å². The maximum absolute atomic E-state index is 12.6. The van der Waals surface area contributed by atoms with Crippen LogP contribution in [0.3, 0.4) is 0 Å². The third-order valence-corrected chi connectivity index (χ3v) is 2.17. The molecule has 2 nitrogen and oxygen atoms in total. The van der Waals surface area contributed by atoms with Crippen molar-refractivity contribution < 1.29 is 13.2 Å². The molecule has 0 heterocycles. The van der Waals surface area contributed by atoms with Gasteiger partial charge in [-0.3, -0.25) is 0 Å². The summed E-state index contributed by atoms with van der Waals surface area (Å²) >= 11 is 0. The first-order valence-electron chi connectivity index (χ1n) is 4.78. The summed E-state index contributed by atoms with van der Waals surface area (Å²) in [5, 5.41) is 8.61. The average molecular weight is 228 g/mol. The van der Waals surface area contributed by atoms with Crippen molar-refractivity contribution in [1.29, 1.82) is 5.26 Å². The fraction of sp³-hybridized carbons (Fsp3) is 0.364. The lowest BCUT2D eigenvalue weighted by atomic mass is 10.2. The molecule has 0 N–H and O–H groups in total. The maximum Gasteiger partial charge on any atom is 0.422 e. The normalized spacial score (nSPS) is 12.9. The zero-order valence-corrected chi connectivity index (χ0v) is 8.70. The van der Waals surface area contributed by atoms with Crippen molar-refractivity contribution in [2.45, 2.75) is 19.1 Å². The minimum absolute atomic E-state index is 0.127. The molecule has 0 saturated heterocycles. The smallest absolute Gasteiger partial charge is 0.349 e. The fourth-order valence-corrected chi connectivity index (χ4v) is 1.45. The van der Waals surface area contributed by atoms with E-state index < -0.39 is 12.2 Å². The van der Waals surface area contributed by atoms with E-state index in [1.807, 2.05) is 0 Å². The van der Waals surface area contributed by atoms with Gasteiger partial charge in [0.2, 0.25) is 6.04 Å². The molecule has 0 aliphatic carbocycles. The van der Waals surface area contributed by atoms with E-state index in [1.165, 1.54) is 6.07 Å². The molecular weight excluding hydrogens is 217 g/mol. The molecule has 1 atom stereocenters. The second-order valence-corrected chi connectivity index (χ2v) is 3.19. The van der Waals surface area contributed by atoms with Crippen LogP contribution in [-0.2, 0) is 0 Å². The Morgan fingerprint density at radius 2 is 1.88 bits per heavy atom. The molecule has 0 fully saturated rings. The van der Waals surface area contributed by atoms with Crippen LogP contribution in [0.1, 0.15) is 6.92 Å². The van der Waals surface area contributed by atoms with E-state index in [9.17, 15) is 13.2 Å². The van der Waals surface area contributed by atoms with Crippen LogP contribution in [-0.4, -0.2) is 18.8 Å². The lowest BCUT2D eigenvalue weighted by Gasteiger charge is -2.29. The first kappa shape index (κ1) is 12.4. The van der Waals surface area contributed by atoms with Crippen molar-refractivity contribution in [2.24, 2.45) is 0 Å². The van der Waals surface area contributed by atoms with Crippen LogP contribution in [0.5, 0.6) is 0 Å². The number of benzene rings is 1. The fourth-order valence-electron chi connectivity index (χ4n) is 1.45. The van der Waals surface area contributed by atoms with E-state index in [-0.39, 0.29) is 6.54 Å². The Hall–Kier alpha value is -1.70. The second kappa shape index (κ2) is 4.88. The lowest BCUT2D eigenvalue weighted by molar-refractivity contribution is -0.136. The van der Waals surface area contributed by atoms with E-state index in [4.69, 9.17) is 5.26 Å². The van der Waals surface area contributed by atoms with Crippen LogP contribution in [0.4, 0.5) is 18.9 Å². The molecule has 0 saturated carbocycles. The standard InChI is InChI=1S/C11H11F3N2/c1-2-16(9-6-4-3-5-7-9)10(8-15)11(12,13)14/h3-7,10H,2H2,1H3. The number of alkyl halides is 3. The van der Waals surface area contributed by atoms with E-state index in [0.717, 1.165) is 4.90 Å². The van der Waals surface area contributed by atoms with Gasteiger partial charge in [0.25, 0.3) is 0 Å². The van der Waals surface area contributed by atoms with Gasteiger partial charge in [-0.1, -0.05) is 18.2 Å². The van der Waals surface area contributed by atoms with Crippen molar-refractivity contribution in [3.63, 3.8) is 0 Å². The predicted octanol–water partition coefficient (Wildman–Crippen LogP) is 2.97. The highest BCUT2D eigenvalue weighted by Gasteiger charge is 2.43. The van der Waals surface area contributed by atoms with Gasteiger partial charge in [0, 0.05) is 12.2 Å². The van der Waals surface area contributed by atoms with Crippen LogP contribution in [0.25, 0.3) is 0 Å². The molecule has 0 amide bonds. The predicted molar refractivity (Wildman–Crippen MR) is 54.9 cm³/mol. The number of halogens is 3. The van der Waals surface area contributed by atoms with Gasteiger partial charge in [0.1, 0.15) is 0 Å². The lowest BCUT2D eigenvalue weighted by Crippen LogP contribution is -2.44. The summed E-state index contributed by atoms with van der Waals surface area (Å²) in [6, 6.07) is 7.30. The molecular formula is C11H11F3N2. The van der Waals surface area contributed by atoms with E-state index in [0.29, 0.717) is 5.69 Å². The quantitative estimate of drug-likeness (QED) is 0.795. The van der Waals surface area contributed by atoms with Crippen molar-refractivity contribution >= 4 is 5.69 Å². The Balaban J connectivity index is 3.03. The minimum atomic E-state index is -4.54. The number of nitriles is 1. The van der Waals surface area contributed by atoms with Crippen LogP contribution in [0.2, 0.25) is 0 Å². The summed E-state index contributed by atoms with van der Waals surface area (Å²) in [5.74, 6) is 0. The molecule has 0 aliphatic rings. The Morgan fingerprint density at radius 3 is 2.25 bits per heavy atom. The topological polar surface area (TPSA) is 27.0 Å². The zero-order valence-electron chi connectivity index (χ0n) is 8.70. The Kier molecular flexibility index (Phi) is 3.78. The number of anilines is 1. The summed E-state index contributed by atoms with van der Waals surface area (Å²) in [6.07, 6.45) is -4.54. The molecule has 16 heavy (non-hydrogen) atoms. The third-order valence-electron chi connectivity index (χ3n) is 2.17. The van der Waals surface area contributed by atoms with E-state index >= 15 is 0 Å². The minimum Gasteiger partial charge on any atom is -0.349 e. The Morgan fingerprint density at radius 1 is 1.31 bits per heavy atom. The molecule has 0 radical (unpaired) electrons. The number of hydrogen-bond donors (Lipinski definition) is 0. The second-order valence-electron chi connectivity index (χ2n) is 3.19. The highest BCUT2D eigenvalue weighted by atomic mass is 19.4. The molecule has 1 unspecified atom stereocenters. The molecule has 86 valence electrons. The first-order chi connectivity index (χ1) is 7.50. The molecule has 0 aliphatic heterocycles. The van der Waals surface area contributed by atoms with Gasteiger partial charge in [-0.25, -0.2) is 0 Å². The zero-order chi connectivity index (χ0) is 12.2. The van der Waals surface area contributed by atoms with Crippen LogP contribution >= 0.6 is 0 Å². The van der Waals surface area contributed by atoms with Crippen LogP contribution in [0, 0.1) is 11.3 Å². The molecule has 0 spiro atoms. The summed E-state index contributed by atoms with van der Waals surface area (Å²) in [7, 11) is 0. The number of rotatable bonds is 3. The molecule has 0 bridgehead atoms. The van der Waals surface area contributed by atoms with Gasteiger partial charge in [-0.15, -0.1) is 0 Å². The van der Waals surface area contributed by atoms with Gasteiger partial charge in [-0.2, -0.15) is 18.4 Å². The molecule has 1 rings (SSSR count). The van der Waals surface area contributed by atoms with Crippen LogP contribution in [0.15, 0.2) is 30.3 Å². The third kappa shape index (κ3) is 2.66. The van der Waals surface area contributed by atoms with E-state index in [1.54, 1.807) is 37.3 Å². The Labute approximate surface area is 91.9 Å².